The molecule has 0 bridgehead atoms. The maximum Gasteiger partial charge on any atom is 0.228 e. The summed E-state index contributed by atoms with van der Waals surface area (Å²) in [5, 5.41) is 0. The molecule has 0 atom stereocenters. The van der Waals surface area contributed by atoms with Crippen molar-refractivity contribution in [3.05, 3.63) is 48.0 Å². The fourth-order valence-corrected chi connectivity index (χ4v) is 1.79. The zero-order chi connectivity index (χ0) is 11.7. The smallest absolute Gasteiger partial charge is 0.228 e. The van der Waals surface area contributed by atoms with Gasteiger partial charge in [0.2, 0.25) is 5.95 Å². The summed E-state index contributed by atoms with van der Waals surface area (Å²) < 4.78 is 18.6. The van der Waals surface area contributed by atoms with Crippen molar-refractivity contribution in [1.29, 1.82) is 0 Å². The molecule has 1 aliphatic heterocycles. The van der Waals surface area contributed by atoms with E-state index in [0.29, 0.717) is 19.2 Å². The highest BCUT2D eigenvalue weighted by atomic mass is 19.1. The molecule has 0 saturated heterocycles. The third-order valence-electron chi connectivity index (χ3n) is 2.59. The molecule has 86 valence electrons. The Morgan fingerprint density at radius 3 is 2.88 bits per heavy atom. The van der Waals surface area contributed by atoms with E-state index in [1.807, 2.05) is 4.90 Å². The third-order valence-corrected chi connectivity index (χ3v) is 2.59. The average molecular weight is 231 g/mol. The van der Waals surface area contributed by atoms with Crippen molar-refractivity contribution >= 4 is 5.95 Å². The van der Waals surface area contributed by atoms with Gasteiger partial charge in [0.05, 0.1) is 6.54 Å². The number of rotatable bonds is 1. The predicted molar refractivity (Wildman–Crippen MR) is 60.1 cm³/mol. The SMILES string of the molecule is Fc1ccc2c(c1)CN(c1ncccn1)CO2. The van der Waals surface area contributed by atoms with Crippen molar-refractivity contribution in [1.82, 2.24) is 9.97 Å². The average Bonchev–Trinajstić information content (AvgIpc) is 2.39. The van der Waals surface area contributed by atoms with Crippen molar-refractivity contribution in [3.8, 4) is 5.75 Å². The van der Waals surface area contributed by atoms with Crippen molar-refractivity contribution in [2.75, 3.05) is 11.6 Å². The summed E-state index contributed by atoms with van der Waals surface area (Å²) >= 11 is 0. The quantitative estimate of drug-likeness (QED) is 0.752. The molecule has 0 fully saturated rings. The molecule has 1 aliphatic rings. The number of halogens is 1. The predicted octanol–water partition coefficient (Wildman–Crippen LogP) is 1.97. The Balaban J connectivity index is 1.90. The van der Waals surface area contributed by atoms with E-state index in [0.717, 1.165) is 11.3 Å². The highest BCUT2D eigenvalue weighted by molar-refractivity contribution is 5.41. The van der Waals surface area contributed by atoms with Crippen LogP contribution in [0.3, 0.4) is 0 Å². The first-order valence-electron chi connectivity index (χ1n) is 5.26. The topological polar surface area (TPSA) is 38.2 Å². The van der Waals surface area contributed by atoms with Crippen LogP contribution in [0.4, 0.5) is 10.3 Å². The lowest BCUT2D eigenvalue weighted by Crippen LogP contribution is -2.33. The zero-order valence-corrected chi connectivity index (χ0v) is 9.01. The third kappa shape index (κ3) is 1.91. The molecule has 17 heavy (non-hydrogen) atoms. The second-order valence-electron chi connectivity index (χ2n) is 3.77. The van der Waals surface area contributed by atoms with Gasteiger partial charge in [-0.25, -0.2) is 14.4 Å². The molecule has 2 heterocycles. The molecule has 1 aromatic carbocycles. The number of aromatic nitrogens is 2. The van der Waals surface area contributed by atoms with Crippen LogP contribution in [0.1, 0.15) is 5.56 Å². The number of anilines is 1. The molecule has 0 N–H and O–H groups in total. The molecule has 0 unspecified atom stereocenters. The second kappa shape index (κ2) is 4.01. The first-order valence-corrected chi connectivity index (χ1v) is 5.26. The number of fused-ring (bicyclic) bond motifs is 1. The van der Waals surface area contributed by atoms with Crippen molar-refractivity contribution < 1.29 is 9.13 Å². The van der Waals surface area contributed by atoms with E-state index in [1.165, 1.54) is 12.1 Å². The molecule has 1 aromatic heterocycles. The van der Waals surface area contributed by atoms with E-state index in [2.05, 4.69) is 9.97 Å². The number of ether oxygens (including phenoxy) is 1. The Kier molecular flexibility index (Phi) is 2.36. The standard InChI is InChI=1S/C12H10FN3O/c13-10-2-3-11-9(6-10)7-16(8-17-11)12-14-4-1-5-15-12/h1-6H,7-8H2. The minimum absolute atomic E-state index is 0.261. The molecule has 5 heteroatoms. The molecular formula is C12H10FN3O. The lowest BCUT2D eigenvalue weighted by molar-refractivity contribution is 0.286. The number of hydrogen-bond donors (Lipinski definition) is 0. The Bertz CT molecular complexity index is 533. The minimum atomic E-state index is -0.261. The highest BCUT2D eigenvalue weighted by Gasteiger charge is 2.19. The van der Waals surface area contributed by atoms with Gasteiger partial charge in [-0.1, -0.05) is 0 Å². The monoisotopic (exact) mass is 231 g/mol. The summed E-state index contributed by atoms with van der Waals surface area (Å²) in [6.07, 6.45) is 3.34. The largest absolute Gasteiger partial charge is 0.473 e. The second-order valence-corrected chi connectivity index (χ2v) is 3.77. The molecule has 4 nitrogen and oxygen atoms in total. The highest BCUT2D eigenvalue weighted by Crippen LogP contribution is 2.26. The molecule has 3 rings (SSSR count). The van der Waals surface area contributed by atoms with Crippen molar-refractivity contribution in [3.63, 3.8) is 0 Å². The van der Waals surface area contributed by atoms with E-state index >= 15 is 0 Å². The van der Waals surface area contributed by atoms with Crippen LogP contribution >= 0.6 is 0 Å². The Labute approximate surface area is 97.7 Å². The fraction of sp³-hybridized carbons (Fsp3) is 0.167. The van der Waals surface area contributed by atoms with Gasteiger partial charge in [-0.05, 0) is 24.3 Å². The van der Waals surface area contributed by atoms with Gasteiger partial charge in [0, 0.05) is 18.0 Å². The van der Waals surface area contributed by atoms with Gasteiger partial charge in [0.15, 0.2) is 6.73 Å². The van der Waals surface area contributed by atoms with Gasteiger partial charge in [-0.3, -0.25) is 0 Å². The summed E-state index contributed by atoms with van der Waals surface area (Å²) in [5.41, 5.74) is 0.809. The Morgan fingerprint density at radius 2 is 2.06 bits per heavy atom. The van der Waals surface area contributed by atoms with Crippen LogP contribution < -0.4 is 9.64 Å². The van der Waals surface area contributed by atoms with E-state index in [9.17, 15) is 4.39 Å². The van der Waals surface area contributed by atoms with Crippen LogP contribution in [0.2, 0.25) is 0 Å². The molecular weight excluding hydrogens is 221 g/mol. The maximum absolute atomic E-state index is 13.1. The van der Waals surface area contributed by atoms with Gasteiger partial charge < -0.3 is 9.64 Å². The van der Waals surface area contributed by atoms with E-state index < -0.39 is 0 Å². The lowest BCUT2D eigenvalue weighted by Gasteiger charge is -2.28. The number of benzene rings is 1. The zero-order valence-electron chi connectivity index (χ0n) is 9.01. The van der Waals surface area contributed by atoms with Crippen LogP contribution in [-0.2, 0) is 6.54 Å². The van der Waals surface area contributed by atoms with E-state index in [-0.39, 0.29) is 5.82 Å². The lowest BCUT2D eigenvalue weighted by atomic mass is 10.1. The maximum atomic E-state index is 13.1. The van der Waals surface area contributed by atoms with Crippen LogP contribution in [-0.4, -0.2) is 16.7 Å². The van der Waals surface area contributed by atoms with Gasteiger partial charge in [0.1, 0.15) is 11.6 Å². The van der Waals surface area contributed by atoms with Crippen molar-refractivity contribution in [2.45, 2.75) is 6.54 Å². The summed E-state index contributed by atoms with van der Waals surface area (Å²) in [7, 11) is 0. The van der Waals surface area contributed by atoms with Gasteiger partial charge >= 0.3 is 0 Å². The molecule has 0 aliphatic carbocycles. The summed E-state index contributed by atoms with van der Waals surface area (Å²) in [5.74, 6) is 1.05. The molecule has 0 saturated carbocycles. The molecule has 0 radical (unpaired) electrons. The number of hydrogen-bond acceptors (Lipinski definition) is 4. The molecule has 0 amide bonds. The normalized spacial score (nSPS) is 14.1. The minimum Gasteiger partial charge on any atom is -0.473 e. The van der Waals surface area contributed by atoms with Crippen molar-refractivity contribution in [2.24, 2.45) is 0 Å². The molecule has 2 aromatic rings. The van der Waals surface area contributed by atoms with Gasteiger partial charge in [0.25, 0.3) is 0 Å². The van der Waals surface area contributed by atoms with Crippen LogP contribution in [0.15, 0.2) is 36.7 Å². The first kappa shape index (κ1) is 10.0. The summed E-state index contributed by atoms with van der Waals surface area (Å²) in [6, 6.07) is 6.27. The fourth-order valence-electron chi connectivity index (χ4n) is 1.79. The van der Waals surface area contributed by atoms with Crippen LogP contribution in [0.25, 0.3) is 0 Å². The van der Waals surface area contributed by atoms with E-state index in [4.69, 9.17) is 4.74 Å². The molecule has 0 spiro atoms. The summed E-state index contributed by atoms with van der Waals surface area (Å²) in [6.45, 7) is 0.930. The van der Waals surface area contributed by atoms with Gasteiger partial charge in [-0.15, -0.1) is 0 Å². The number of nitrogens with zero attached hydrogens (tertiary/aromatic N) is 3. The first-order chi connectivity index (χ1) is 8.33. The van der Waals surface area contributed by atoms with E-state index in [1.54, 1.807) is 24.5 Å². The van der Waals surface area contributed by atoms with Crippen LogP contribution in [0, 0.1) is 5.82 Å². The van der Waals surface area contributed by atoms with Crippen LogP contribution in [0.5, 0.6) is 5.75 Å². The van der Waals surface area contributed by atoms with Gasteiger partial charge in [-0.2, -0.15) is 0 Å². The Hall–Kier alpha value is -2.17. The Morgan fingerprint density at radius 1 is 1.24 bits per heavy atom. The summed E-state index contributed by atoms with van der Waals surface area (Å²) in [4.78, 5) is 10.1.